The van der Waals surface area contributed by atoms with Crippen molar-refractivity contribution in [1.29, 1.82) is 0 Å². The Labute approximate surface area is 275 Å². The third-order valence-corrected chi connectivity index (χ3v) is 8.55. The Bertz CT molecular complexity index is 1820. The Hall–Kier alpha value is -5.14. The minimum atomic E-state index is -1.34. The predicted molar refractivity (Wildman–Crippen MR) is 172 cm³/mol. The molecule has 1 saturated heterocycles. The zero-order chi connectivity index (χ0) is 33.7. The summed E-state index contributed by atoms with van der Waals surface area (Å²) in [6, 6.07) is 13.9. The number of amides is 2. The topological polar surface area (TPSA) is 128 Å². The molecule has 2 heterocycles. The van der Waals surface area contributed by atoms with Crippen molar-refractivity contribution in [2.45, 2.75) is 19.8 Å². The molecule has 6 rings (SSSR count). The Kier molecular flexibility index (Phi) is 9.78. The van der Waals surface area contributed by atoms with Gasteiger partial charge in [0.15, 0.2) is 23.1 Å². The molecule has 1 aliphatic heterocycles. The summed E-state index contributed by atoms with van der Waals surface area (Å²) in [4.78, 5) is 44.3. The monoisotopic (exact) mass is 660 g/mol. The number of nitrogens with one attached hydrogen (secondary N) is 2. The van der Waals surface area contributed by atoms with Crippen LogP contribution in [0.4, 0.5) is 20.2 Å². The first kappa shape index (κ1) is 32.8. The molecule has 1 saturated carbocycles. The van der Waals surface area contributed by atoms with Crippen LogP contribution in [-0.4, -0.2) is 67.6 Å². The number of pyridine rings is 1. The van der Waals surface area contributed by atoms with Gasteiger partial charge in [-0.1, -0.05) is 6.92 Å². The molecule has 2 N–H and O–H groups in total. The first-order valence-corrected chi connectivity index (χ1v) is 15.6. The molecule has 11 nitrogen and oxygen atoms in total. The van der Waals surface area contributed by atoms with Crippen LogP contribution in [-0.2, 0) is 19.1 Å². The average molecular weight is 661 g/mol. The van der Waals surface area contributed by atoms with Gasteiger partial charge in [-0.25, -0.2) is 8.78 Å². The van der Waals surface area contributed by atoms with E-state index >= 15 is 4.39 Å². The third-order valence-electron chi connectivity index (χ3n) is 8.55. The number of rotatable bonds is 13. The number of carbonyl (C=O) groups is 3. The molecule has 0 spiro atoms. The lowest BCUT2D eigenvalue weighted by molar-refractivity contribution is -0.131. The van der Waals surface area contributed by atoms with Gasteiger partial charge in [0.05, 0.1) is 25.3 Å². The van der Waals surface area contributed by atoms with Crippen LogP contribution in [0.2, 0.25) is 0 Å². The molecule has 2 aliphatic rings. The van der Waals surface area contributed by atoms with Crippen molar-refractivity contribution in [2.75, 3.05) is 50.1 Å². The highest BCUT2D eigenvalue weighted by molar-refractivity contribution is 6.17. The predicted octanol–water partition coefficient (Wildman–Crippen LogP) is 5.55. The van der Waals surface area contributed by atoms with Gasteiger partial charge in [0.1, 0.15) is 17.0 Å². The number of benzene rings is 3. The van der Waals surface area contributed by atoms with Gasteiger partial charge in [-0.15, -0.1) is 0 Å². The number of ether oxygens (including phenoxy) is 4. The van der Waals surface area contributed by atoms with Crippen molar-refractivity contribution in [2.24, 2.45) is 11.3 Å². The highest BCUT2D eigenvalue weighted by Gasteiger charge is 2.63. The van der Waals surface area contributed by atoms with Crippen molar-refractivity contribution < 1.29 is 42.1 Å². The van der Waals surface area contributed by atoms with Crippen molar-refractivity contribution >= 4 is 40.6 Å². The van der Waals surface area contributed by atoms with Crippen LogP contribution in [0.3, 0.4) is 0 Å². The van der Waals surface area contributed by atoms with E-state index in [1.807, 2.05) is 0 Å². The summed E-state index contributed by atoms with van der Waals surface area (Å²) in [5.41, 5.74) is -0.379. The van der Waals surface area contributed by atoms with Crippen LogP contribution in [0.15, 0.2) is 66.9 Å². The fourth-order valence-corrected chi connectivity index (χ4v) is 5.73. The van der Waals surface area contributed by atoms with Crippen LogP contribution in [0.25, 0.3) is 10.9 Å². The molecule has 0 radical (unpaired) electrons. The molecule has 4 aromatic rings. The summed E-state index contributed by atoms with van der Waals surface area (Å²) < 4.78 is 51.0. The van der Waals surface area contributed by atoms with Crippen molar-refractivity contribution in [3.63, 3.8) is 0 Å². The SMILES string of the molecule is C[C@@H]1C[C@@]1(C(=O)Nc1ccc(F)cc1)C(=O)Nc1ccc(Oc2ccnc3cc(OCCCN4CCOCC4)c(OC=O)cc23)c(F)c1. The minimum absolute atomic E-state index is 0.134. The van der Waals surface area contributed by atoms with Gasteiger partial charge in [0.25, 0.3) is 6.47 Å². The first-order chi connectivity index (χ1) is 23.3. The number of halogens is 2. The largest absolute Gasteiger partial charge is 0.490 e. The lowest BCUT2D eigenvalue weighted by Gasteiger charge is -2.26. The molecular formula is C35H34F2N4O7. The Morgan fingerprint density at radius 3 is 2.35 bits per heavy atom. The summed E-state index contributed by atoms with van der Waals surface area (Å²) in [7, 11) is 0. The molecule has 0 unspecified atom stereocenters. The van der Waals surface area contributed by atoms with E-state index in [1.165, 1.54) is 42.6 Å². The van der Waals surface area contributed by atoms with Crippen LogP contribution in [0.1, 0.15) is 19.8 Å². The van der Waals surface area contributed by atoms with Gasteiger partial charge in [0, 0.05) is 54.7 Å². The number of anilines is 2. The fraction of sp³-hybridized carbons (Fsp3) is 0.314. The van der Waals surface area contributed by atoms with Crippen molar-refractivity contribution in [3.05, 3.63) is 78.5 Å². The molecule has 3 aromatic carbocycles. The van der Waals surface area contributed by atoms with Crippen LogP contribution in [0.5, 0.6) is 23.0 Å². The summed E-state index contributed by atoms with van der Waals surface area (Å²) in [6.45, 7) is 6.48. The van der Waals surface area contributed by atoms with Crippen LogP contribution >= 0.6 is 0 Å². The zero-order valence-electron chi connectivity index (χ0n) is 26.2. The second-order valence-corrected chi connectivity index (χ2v) is 11.7. The van der Waals surface area contributed by atoms with Gasteiger partial charge < -0.3 is 29.6 Å². The number of fused-ring (bicyclic) bond motifs is 1. The zero-order valence-corrected chi connectivity index (χ0v) is 26.2. The third kappa shape index (κ3) is 7.21. The molecule has 1 aromatic heterocycles. The maximum absolute atomic E-state index is 15.3. The Morgan fingerprint density at radius 1 is 0.958 bits per heavy atom. The standard InChI is InChI=1S/C35H34F2N4O7/c1-22-20-35(22,33(43)39-24-5-3-23(36)4-6-24)34(44)40-25-7-8-30(27(37)17-25)48-29-9-10-38-28-19-32(31(47-21-42)18-26(28)29)46-14-2-11-41-12-15-45-16-13-41/h3-10,17-19,21-22H,2,11-16,20H2,1H3,(H,39,43)(H,40,44)/t22-,35-/m1/s1. The Morgan fingerprint density at radius 2 is 1.67 bits per heavy atom. The molecular weight excluding hydrogens is 626 g/mol. The van der Waals surface area contributed by atoms with Gasteiger partial charge in [0.2, 0.25) is 11.8 Å². The number of nitrogens with zero attached hydrogens (tertiary/aromatic N) is 2. The summed E-state index contributed by atoms with van der Waals surface area (Å²) in [5.74, 6) is -1.97. The average Bonchev–Trinajstić information content (AvgIpc) is 3.78. The second kappa shape index (κ2) is 14.3. The van der Waals surface area contributed by atoms with Gasteiger partial charge >= 0.3 is 0 Å². The molecule has 13 heteroatoms. The lowest BCUT2D eigenvalue weighted by Crippen LogP contribution is -2.37. The van der Waals surface area contributed by atoms with Crippen LogP contribution in [0, 0.1) is 23.0 Å². The van der Waals surface area contributed by atoms with Crippen LogP contribution < -0.4 is 24.8 Å². The molecule has 0 bridgehead atoms. The number of hydrogen-bond acceptors (Lipinski definition) is 9. The lowest BCUT2D eigenvalue weighted by atomic mass is 10.0. The molecule has 250 valence electrons. The van der Waals surface area contributed by atoms with E-state index in [9.17, 15) is 18.8 Å². The summed E-state index contributed by atoms with van der Waals surface area (Å²) >= 11 is 0. The van der Waals surface area contributed by atoms with E-state index in [1.54, 1.807) is 25.1 Å². The number of morpholine rings is 1. The normalized spacial score (nSPS) is 18.9. The smallest absolute Gasteiger partial charge is 0.298 e. The van der Waals surface area contributed by atoms with E-state index < -0.39 is 28.9 Å². The molecule has 2 amide bonds. The maximum Gasteiger partial charge on any atom is 0.298 e. The molecule has 48 heavy (non-hydrogen) atoms. The van der Waals surface area contributed by atoms with Gasteiger partial charge in [-0.05, 0) is 67.3 Å². The fourth-order valence-electron chi connectivity index (χ4n) is 5.73. The highest BCUT2D eigenvalue weighted by atomic mass is 19.1. The maximum atomic E-state index is 15.3. The molecule has 2 atom stereocenters. The minimum Gasteiger partial charge on any atom is -0.490 e. The van der Waals surface area contributed by atoms with Crippen molar-refractivity contribution in [3.8, 4) is 23.0 Å². The molecule has 2 fully saturated rings. The highest BCUT2D eigenvalue weighted by Crippen LogP contribution is 2.53. The van der Waals surface area contributed by atoms with E-state index in [0.717, 1.165) is 32.1 Å². The first-order valence-electron chi connectivity index (χ1n) is 15.6. The van der Waals surface area contributed by atoms with E-state index in [4.69, 9.17) is 18.9 Å². The van der Waals surface area contributed by atoms with E-state index in [-0.39, 0.29) is 28.9 Å². The van der Waals surface area contributed by atoms with E-state index in [0.29, 0.717) is 55.1 Å². The number of aromatic nitrogens is 1. The summed E-state index contributed by atoms with van der Waals surface area (Å²) in [6.07, 6.45) is 2.57. The number of carbonyl (C=O) groups excluding carboxylic acids is 3. The quantitative estimate of drug-likeness (QED) is 0.108. The Balaban J connectivity index is 1.13. The molecule has 1 aliphatic carbocycles. The van der Waals surface area contributed by atoms with E-state index in [2.05, 4.69) is 20.5 Å². The summed E-state index contributed by atoms with van der Waals surface area (Å²) in [5, 5.41) is 5.75. The van der Waals surface area contributed by atoms with Gasteiger partial charge in [-0.3, -0.25) is 24.3 Å². The van der Waals surface area contributed by atoms with Gasteiger partial charge in [-0.2, -0.15) is 0 Å². The number of hydrogen-bond donors (Lipinski definition) is 2. The second-order valence-electron chi connectivity index (χ2n) is 11.7. The van der Waals surface area contributed by atoms with Crippen molar-refractivity contribution in [1.82, 2.24) is 9.88 Å².